The molecule has 0 spiro atoms. The van der Waals surface area contributed by atoms with Crippen molar-refractivity contribution >= 4 is 27.5 Å². The molecule has 2 aromatic carbocycles. The lowest BCUT2D eigenvalue weighted by atomic mass is 9.82. The van der Waals surface area contributed by atoms with Crippen LogP contribution in [0.2, 0.25) is 5.02 Å². The summed E-state index contributed by atoms with van der Waals surface area (Å²) in [4.78, 5) is 0. The Kier molecular flexibility index (Phi) is 7.83. The summed E-state index contributed by atoms with van der Waals surface area (Å²) in [6.45, 7) is 12.4. The van der Waals surface area contributed by atoms with Gasteiger partial charge in [-0.3, -0.25) is 0 Å². The minimum absolute atomic E-state index is 0.0389. The average Bonchev–Trinajstić information content (AvgIpc) is 2.58. The van der Waals surface area contributed by atoms with Gasteiger partial charge in [0, 0.05) is 22.7 Å². The monoisotopic (exact) mass is 467 g/mol. The van der Waals surface area contributed by atoms with Gasteiger partial charge in [0.15, 0.2) is 11.5 Å². The molecule has 0 bridgehead atoms. The topological polar surface area (TPSA) is 30.5 Å². The number of hydrogen-bond donors (Lipinski definition) is 1. The molecule has 3 nitrogen and oxygen atoms in total. The Hall–Kier alpha value is -1.23. The number of halogens is 2. The Morgan fingerprint density at radius 2 is 1.75 bits per heavy atom. The van der Waals surface area contributed by atoms with Crippen LogP contribution in [0.5, 0.6) is 11.5 Å². The van der Waals surface area contributed by atoms with E-state index in [1.54, 1.807) is 7.11 Å². The Morgan fingerprint density at radius 3 is 2.36 bits per heavy atom. The van der Waals surface area contributed by atoms with E-state index in [-0.39, 0.29) is 11.0 Å². The number of nitrogens with one attached hydrogen (secondary N) is 1. The quantitative estimate of drug-likeness (QED) is 0.452. The molecule has 0 aromatic heterocycles. The van der Waals surface area contributed by atoms with Crippen LogP contribution < -0.4 is 14.8 Å². The highest BCUT2D eigenvalue weighted by Gasteiger charge is 2.25. The fourth-order valence-electron chi connectivity index (χ4n) is 3.51. The molecule has 2 rings (SSSR count). The van der Waals surface area contributed by atoms with Crippen molar-refractivity contribution in [3.05, 3.63) is 57.0 Å². The van der Waals surface area contributed by atoms with Gasteiger partial charge in [-0.2, -0.15) is 0 Å². The first kappa shape index (κ1) is 23.1. The van der Waals surface area contributed by atoms with Gasteiger partial charge in [-0.1, -0.05) is 50.6 Å². The van der Waals surface area contributed by atoms with Crippen LogP contribution in [0.1, 0.15) is 52.2 Å². The van der Waals surface area contributed by atoms with Gasteiger partial charge in [0.05, 0.1) is 11.6 Å². The maximum Gasteiger partial charge on any atom is 0.175 e. The Balaban J connectivity index is 2.11. The van der Waals surface area contributed by atoms with Gasteiger partial charge in [0.25, 0.3) is 0 Å². The predicted molar refractivity (Wildman–Crippen MR) is 121 cm³/mol. The summed E-state index contributed by atoms with van der Waals surface area (Å²) in [6, 6.07) is 11.8. The molecule has 0 amide bonds. The van der Waals surface area contributed by atoms with Crippen LogP contribution in [0.3, 0.4) is 0 Å². The van der Waals surface area contributed by atoms with E-state index in [1.165, 1.54) is 0 Å². The smallest absolute Gasteiger partial charge is 0.175 e. The molecule has 0 fully saturated rings. The van der Waals surface area contributed by atoms with E-state index < -0.39 is 0 Å². The van der Waals surface area contributed by atoms with Crippen LogP contribution in [0.15, 0.2) is 40.9 Å². The second-order valence-electron chi connectivity index (χ2n) is 8.96. The molecular weight excluding hydrogens is 438 g/mol. The molecular formula is C23H31BrClNO2. The van der Waals surface area contributed by atoms with Gasteiger partial charge in [0.1, 0.15) is 6.61 Å². The molecule has 1 N–H and O–H groups in total. The van der Waals surface area contributed by atoms with Crippen LogP contribution in [0, 0.1) is 5.41 Å². The van der Waals surface area contributed by atoms with Crippen molar-refractivity contribution in [1.82, 2.24) is 5.32 Å². The highest BCUT2D eigenvalue weighted by molar-refractivity contribution is 9.10. The molecule has 0 saturated heterocycles. The second kappa shape index (κ2) is 9.51. The molecule has 0 heterocycles. The van der Waals surface area contributed by atoms with E-state index in [2.05, 4.69) is 61.9 Å². The van der Waals surface area contributed by atoms with Crippen molar-refractivity contribution in [3.8, 4) is 11.5 Å². The zero-order valence-corrected chi connectivity index (χ0v) is 20.0. The third kappa shape index (κ3) is 6.98. The summed E-state index contributed by atoms with van der Waals surface area (Å²) in [7, 11) is 1.66. The number of hydrogen-bond acceptors (Lipinski definition) is 3. The fourth-order valence-corrected chi connectivity index (χ4v) is 4.30. The fraction of sp³-hybridized carbons (Fsp3) is 0.478. The molecule has 0 aliphatic carbocycles. The van der Waals surface area contributed by atoms with Crippen LogP contribution in [0.25, 0.3) is 0 Å². The minimum Gasteiger partial charge on any atom is -0.493 e. The van der Waals surface area contributed by atoms with E-state index in [4.69, 9.17) is 21.1 Å². The van der Waals surface area contributed by atoms with Crippen LogP contribution in [0.4, 0.5) is 0 Å². The van der Waals surface area contributed by atoms with Gasteiger partial charge in [-0.15, -0.1) is 0 Å². The molecule has 0 atom stereocenters. The molecule has 0 saturated carbocycles. The maximum absolute atomic E-state index is 6.23. The van der Waals surface area contributed by atoms with Crippen LogP contribution in [-0.4, -0.2) is 12.6 Å². The summed E-state index contributed by atoms with van der Waals surface area (Å²) in [5, 5.41) is 4.35. The Bertz CT molecular complexity index is 800. The lowest BCUT2D eigenvalue weighted by molar-refractivity contribution is 0.240. The first-order valence-corrected chi connectivity index (χ1v) is 10.7. The van der Waals surface area contributed by atoms with Gasteiger partial charge in [-0.25, -0.2) is 0 Å². The van der Waals surface area contributed by atoms with Crippen LogP contribution >= 0.6 is 27.5 Å². The molecule has 154 valence electrons. The third-order valence-electron chi connectivity index (χ3n) is 4.36. The standard InChI is InChI=1S/C23H31BrClNO2/c1-22(2,3)15-23(4,5)26-13-16-11-18(24)21(20(12-16)27-6)28-14-17-9-7-8-10-19(17)25/h7-12,26H,13-15H2,1-6H3. The van der Waals surface area contributed by atoms with E-state index in [1.807, 2.05) is 30.3 Å². The maximum atomic E-state index is 6.23. The number of benzene rings is 2. The molecule has 5 heteroatoms. The number of rotatable bonds is 8. The third-order valence-corrected chi connectivity index (χ3v) is 5.32. The molecule has 0 aliphatic heterocycles. The molecule has 0 aliphatic rings. The second-order valence-corrected chi connectivity index (χ2v) is 10.2. The largest absolute Gasteiger partial charge is 0.493 e. The van der Waals surface area contributed by atoms with E-state index in [9.17, 15) is 0 Å². The van der Waals surface area contributed by atoms with Gasteiger partial charge in [-0.05, 0) is 65.4 Å². The summed E-state index contributed by atoms with van der Waals surface area (Å²) in [5.41, 5.74) is 2.38. The van der Waals surface area contributed by atoms with Crippen molar-refractivity contribution in [2.75, 3.05) is 7.11 Å². The first-order valence-electron chi connectivity index (χ1n) is 9.48. The Morgan fingerprint density at radius 1 is 1.07 bits per heavy atom. The summed E-state index contributed by atoms with van der Waals surface area (Å²) < 4.78 is 12.5. The van der Waals surface area contributed by atoms with E-state index in [0.29, 0.717) is 23.1 Å². The normalized spacial score (nSPS) is 12.1. The van der Waals surface area contributed by atoms with Crippen molar-refractivity contribution in [2.45, 2.75) is 59.7 Å². The molecule has 0 unspecified atom stereocenters. The van der Waals surface area contributed by atoms with Crippen molar-refractivity contribution in [3.63, 3.8) is 0 Å². The van der Waals surface area contributed by atoms with Gasteiger partial charge in [0.2, 0.25) is 0 Å². The summed E-state index contributed by atoms with van der Waals surface area (Å²) in [5.74, 6) is 1.38. The average molecular weight is 469 g/mol. The van der Waals surface area contributed by atoms with Gasteiger partial charge < -0.3 is 14.8 Å². The first-order chi connectivity index (χ1) is 13.0. The number of methoxy groups -OCH3 is 1. The zero-order valence-electron chi connectivity index (χ0n) is 17.7. The minimum atomic E-state index is 0.0389. The SMILES string of the molecule is COc1cc(CNC(C)(C)CC(C)(C)C)cc(Br)c1OCc1ccccc1Cl. The summed E-state index contributed by atoms with van der Waals surface area (Å²) >= 11 is 9.86. The zero-order chi connectivity index (χ0) is 20.9. The van der Waals surface area contributed by atoms with Crippen molar-refractivity contribution in [1.29, 1.82) is 0 Å². The van der Waals surface area contributed by atoms with E-state index >= 15 is 0 Å². The molecule has 2 aromatic rings. The molecule has 28 heavy (non-hydrogen) atoms. The van der Waals surface area contributed by atoms with E-state index in [0.717, 1.165) is 28.6 Å². The number of ether oxygens (including phenoxy) is 2. The Labute approximate surface area is 182 Å². The van der Waals surface area contributed by atoms with Crippen molar-refractivity contribution in [2.24, 2.45) is 5.41 Å². The lowest BCUT2D eigenvalue weighted by Crippen LogP contribution is -2.41. The summed E-state index contributed by atoms with van der Waals surface area (Å²) in [6.07, 6.45) is 1.08. The highest BCUT2D eigenvalue weighted by Crippen LogP contribution is 2.38. The lowest BCUT2D eigenvalue weighted by Gasteiger charge is -2.33. The predicted octanol–water partition coefficient (Wildman–Crippen LogP) is 6.99. The van der Waals surface area contributed by atoms with Gasteiger partial charge >= 0.3 is 0 Å². The van der Waals surface area contributed by atoms with Crippen LogP contribution in [-0.2, 0) is 13.2 Å². The van der Waals surface area contributed by atoms with Crippen molar-refractivity contribution < 1.29 is 9.47 Å². The molecule has 0 radical (unpaired) electrons. The highest BCUT2D eigenvalue weighted by atomic mass is 79.9.